The maximum atomic E-state index is 10.7. The van der Waals surface area contributed by atoms with E-state index in [1.54, 1.807) is 15.4 Å². The molecule has 3 aromatic heterocycles. The van der Waals surface area contributed by atoms with Gasteiger partial charge in [0.15, 0.2) is 0 Å². The summed E-state index contributed by atoms with van der Waals surface area (Å²) < 4.78 is 3.49. The molecule has 1 atom stereocenters. The predicted octanol–water partition coefficient (Wildman–Crippen LogP) is 3.54. The molecule has 27 heavy (non-hydrogen) atoms. The van der Waals surface area contributed by atoms with Gasteiger partial charge in [0.1, 0.15) is 5.69 Å². The molecule has 7 heteroatoms. The van der Waals surface area contributed by atoms with E-state index in [-0.39, 0.29) is 11.9 Å². The zero-order valence-electron chi connectivity index (χ0n) is 14.9. The Morgan fingerprint density at radius 3 is 2.63 bits per heavy atom. The van der Waals surface area contributed by atoms with Gasteiger partial charge in [0.2, 0.25) is 5.88 Å². The number of fused-ring (bicyclic) bond motifs is 1. The van der Waals surface area contributed by atoms with Gasteiger partial charge in [-0.25, -0.2) is 4.98 Å². The van der Waals surface area contributed by atoms with E-state index in [4.69, 9.17) is 17.3 Å². The Hall–Kier alpha value is -2.83. The first-order valence-electron chi connectivity index (χ1n) is 8.71. The second kappa shape index (κ2) is 7.06. The highest BCUT2D eigenvalue weighted by Gasteiger charge is 2.19. The van der Waals surface area contributed by atoms with E-state index in [9.17, 15) is 5.11 Å². The summed E-state index contributed by atoms with van der Waals surface area (Å²) in [6.07, 6.45) is 4.17. The maximum Gasteiger partial charge on any atom is 0.201 e. The number of aromatic hydroxyl groups is 1. The summed E-state index contributed by atoms with van der Waals surface area (Å²) in [5, 5.41) is 16.1. The third-order valence-electron chi connectivity index (χ3n) is 4.79. The smallest absolute Gasteiger partial charge is 0.201 e. The topological polar surface area (TPSA) is 81.9 Å². The average Bonchev–Trinajstić information content (AvgIpc) is 3.19. The molecule has 4 rings (SSSR count). The van der Waals surface area contributed by atoms with Crippen molar-refractivity contribution < 1.29 is 5.11 Å². The van der Waals surface area contributed by atoms with Crippen molar-refractivity contribution in [3.63, 3.8) is 0 Å². The van der Waals surface area contributed by atoms with E-state index in [0.29, 0.717) is 28.2 Å². The molecular weight excluding hydrogens is 362 g/mol. The van der Waals surface area contributed by atoms with Crippen molar-refractivity contribution in [2.75, 3.05) is 6.54 Å². The van der Waals surface area contributed by atoms with Crippen molar-refractivity contribution in [2.45, 2.75) is 12.5 Å². The molecule has 138 valence electrons. The van der Waals surface area contributed by atoms with Crippen LogP contribution in [0.3, 0.4) is 0 Å². The number of nitrogens with two attached hydrogens (primary N) is 1. The SMILES string of the molecule is Cn1ncc(Cl)c1-c1ccc2c(O)n([C@H](CN)Cc3ccccc3)cc2n1. The molecule has 1 aromatic carbocycles. The van der Waals surface area contributed by atoms with Gasteiger partial charge in [-0.2, -0.15) is 5.10 Å². The number of aromatic nitrogens is 4. The number of halogens is 1. The maximum absolute atomic E-state index is 10.7. The third kappa shape index (κ3) is 3.18. The van der Waals surface area contributed by atoms with E-state index < -0.39 is 0 Å². The highest BCUT2D eigenvalue weighted by Crippen LogP contribution is 2.33. The van der Waals surface area contributed by atoms with E-state index in [1.807, 2.05) is 43.6 Å². The van der Waals surface area contributed by atoms with Crippen LogP contribution in [0.4, 0.5) is 0 Å². The van der Waals surface area contributed by atoms with Crippen LogP contribution in [0.1, 0.15) is 11.6 Å². The summed E-state index contributed by atoms with van der Waals surface area (Å²) in [5.41, 5.74) is 9.31. The molecule has 0 aliphatic rings. The lowest BCUT2D eigenvalue weighted by Crippen LogP contribution is -2.20. The molecule has 0 unspecified atom stereocenters. The highest BCUT2D eigenvalue weighted by molar-refractivity contribution is 6.32. The first kappa shape index (κ1) is 17.6. The summed E-state index contributed by atoms with van der Waals surface area (Å²) in [5.74, 6) is 0.173. The Morgan fingerprint density at radius 2 is 1.96 bits per heavy atom. The van der Waals surface area contributed by atoms with Crippen molar-refractivity contribution in [3.8, 4) is 17.3 Å². The van der Waals surface area contributed by atoms with Crippen molar-refractivity contribution in [1.29, 1.82) is 0 Å². The van der Waals surface area contributed by atoms with Crippen LogP contribution in [0.15, 0.2) is 54.9 Å². The Bertz CT molecular complexity index is 1070. The van der Waals surface area contributed by atoms with Crippen LogP contribution in [0.2, 0.25) is 5.02 Å². The monoisotopic (exact) mass is 381 g/mol. The third-order valence-corrected chi connectivity index (χ3v) is 5.06. The summed E-state index contributed by atoms with van der Waals surface area (Å²) in [7, 11) is 1.82. The van der Waals surface area contributed by atoms with Crippen molar-refractivity contribution in [2.24, 2.45) is 12.8 Å². The van der Waals surface area contributed by atoms with Gasteiger partial charge in [0.25, 0.3) is 0 Å². The molecule has 0 saturated carbocycles. The first-order chi connectivity index (χ1) is 13.1. The molecule has 0 aliphatic heterocycles. The molecular formula is C20H20ClN5O. The Morgan fingerprint density at radius 1 is 1.19 bits per heavy atom. The predicted molar refractivity (Wildman–Crippen MR) is 107 cm³/mol. The average molecular weight is 382 g/mol. The molecule has 0 aliphatic carbocycles. The minimum Gasteiger partial charge on any atom is -0.494 e. The van der Waals surface area contributed by atoms with Gasteiger partial charge in [-0.1, -0.05) is 41.9 Å². The van der Waals surface area contributed by atoms with Crippen LogP contribution in [-0.4, -0.2) is 31.0 Å². The van der Waals surface area contributed by atoms with Crippen LogP contribution in [-0.2, 0) is 13.5 Å². The fraction of sp³-hybridized carbons (Fsp3) is 0.200. The molecule has 6 nitrogen and oxygen atoms in total. The Balaban J connectivity index is 1.75. The zero-order valence-corrected chi connectivity index (χ0v) is 15.6. The number of rotatable bonds is 5. The number of pyridine rings is 1. The number of nitrogens with zero attached hydrogens (tertiary/aromatic N) is 4. The van der Waals surface area contributed by atoms with Crippen LogP contribution < -0.4 is 5.73 Å². The van der Waals surface area contributed by atoms with Crippen LogP contribution >= 0.6 is 11.6 Å². The minimum atomic E-state index is -0.0645. The van der Waals surface area contributed by atoms with Gasteiger partial charge < -0.3 is 15.4 Å². The fourth-order valence-electron chi connectivity index (χ4n) is 3.38. The molecule has 0 amide bonds. The number of hydrogen-bond donors (Lipinski definition) is 2. The molecule has 0 radical (unpaired) electrons. The highest BCUT2D eigenvalue weighted by atomic mass is 35.5. The lowest BCUT2D eigenvalue weighted by atomic mass is 10.1. The standard InChI is InChI=1S/C20H20ClN5O/c1-25-19(16(21)11-23-25)17-8-7-15-18(24-17)12-26(20(15)27)14(10-22)9-13-5-3-2-4-6-13/h2-8,11-12,14,27H,9-10,22H2,1H3/t14-/m0/s1. The summed E-state index contributed by atoms with van der Waals surface area (Å²) >= 11 is 6.24. The number of hydrogen-bond acceptors (Lipinski definition) is 4. The molecule has 0 spiro atoms. The molecule has 3 heterocycles. The second-order valence-electron chi connectivity index (χ2n) is 6.53. The summed E-state index contributed by atoms with van der Waals surface area (Å²) in [4.78, 5) is 4.68. The minimum absolute atomic E-state index is 0.0645. The van der Waals surface area contributed by atoms with E-state index in [0.717, 1.165) is 12.1 Å². The van der Waals surface area contributed by atoms with E-state index in [2.05, 4.69) is 22.2 Å². The molecule has 4 aromatic rings. The van der Waals surface area contributed by atoms with Crippen molar-refractivity contribution in [1.82, 2.24) is 19.3 Å². The number of aryl methyl sites for hydroxylation is 1. The Kier molecular flexibility index (Phi) is 4.59. The lowest BCUT2D eigenvalue weighted by molar-refractivity contribution is 0.385. The fourth-order valence-corrected chi connectivity index (χ4v) is 3.65. The zero-order chi connectivity index (χ0) is 19.0. The van der Waals surface area contributed by atoms with Crippen molar-refractivity contribution in [3.05, 3.63) is 65.4 Å². The van der Waals surface area contributed by atoms with Gasteiger partial charge >= 0.3 is 0 Å². The molecule has 0 fully saturated rings. The van der Waals surface area contributed by atoms with Gasteiger partial charge in [-0.3, -0.25) is 4.68 Å². The van der Waals surface area contributed by atoms with Crippen molar-refractivity contribution >= 4 is 22.5 Å². The first-order valence-corrected chi connectivity index (χ1v) is 9.08. The molecule has 0 saturated heterocycles. The van der Waals surface area contributed by atoms with E-state index in [1.165, 1.54) is 5.56 Å². The second-order valence-corrected chi connectivity index (χ2v) is 6.94. The van der Waals surface area contributed by atoms with Gasteiger partial charge in [-0.15, -0.1) is 0 Å². The van der Waals surface area contributed by atoms with Crippen LogP contribution in [0, 0.1) is 0 Å². The van der Waals surface area contributed by atoms with Gasteiger partial charge in [0, 0.05) is 19.8 Å². The Labute approximate surface area is 161 Å². The van der Waals surface area contributed by atoms with Gasteiger partial charge in [0.05, 0.1) is 33.9 Å². The summed E-state index contributed by atoms with van der Waals surface area (Å²) in [6, 6.07) is 13.7. The van der Waals surface area contributed by atoms with Gasteiger partial charge in [-0.05, 0) is 24.1 Å². The summed E-state index contributed by atoms with van der Waals surface area (Å²) in [6.45, 7) is 0.407. The largest absolute Gasteiger partial charge is 0.494 e. The number of benzene rings is 1. The lowest BCUT2D eigenvalue weighted by Gasteiger charge is -2.18. The van der Waals surface area contributed by atoms with Crippen LogP contribution in [0.5, 0.6) is 5.88 Å². The molecule has 3 N–H and O–H groups in total. The van der Waals surface area contributed by atoms with Crippen LogP contribution in [0.25, 0.3) is 22.3 Å². The molecule has 0 bridgehead atoms. The quantitative estimate of drug-likeness (QED) is 0.554. The van der Waals surface area contributed by atoms with E-state index >= 15 is 0 Å². The normalized spacial score (nSPS) is 12.6.